The summed E-state index contributed by atoms with van der Waals surface area (Å²) in [6.07, 6.45) is 1.32. The number of sulfonamides is 1. The molecule has 0 saturated heterocycles. The summed E-state index contributed by atoms with van der Waals surface area (Å²) >= 11 is 0. The standard InChI is InChI=1S/C27H26F3N7O3S/c1-15(2)36-12-20(27(28,29)30)34-24(36)18-6-4-16(5-7-18)11-37-25-19(13-41(37,38)39)10-31-23(35-25)21-22(17-8-9-17)32-14-33-26(21)40-3/h4-7,10,12,14-15,17H,8-9,11,13H2,1-3H3. The fourth-order valence-electron chi connectivity index (χ4n) is 4.89. The van der Waals surface area contributed by atoms with Gasteiger partial charge < -0.3 is 9.30 Å². The van der Waals surface area contributed by atoms with Crippen LogP contribution < -0.4 is 9.04 Å². The van der Waals surface area contributed by atoms with Crippen LogP contribution in [0.1, 0.15) is 61.2 Å². The van der Waals surface area contributed by atoms with Crippen molar-refractivity contribution >= 4 is 15.8 Å². The van der Waals surface area contributed by atoms with Gasteiger partial charge in [-0.15, -0.1) is 0 Å². The number of hydrogen-bond acceptors (Lipinski definition) is 8. The quantitative estimate of drug-likeness (QED) is 0.293. The zero-order chi connectivity index (χ0) is 29.1. The first-order valence-electron chi connectivity index (χ1n) is 13.0. The maximum absolute atomic E-state index is 13.3. The van der Waals surface area contributed by atoms with Gasteiger partial charge in [-0.05, 0) is 32.3 Å². The zero-order valence-corrected chi connectivity index (χ0v) is 23.2. The predicted molar refractivity (Wildman–Crippen MR) is 143 cm³/mol. The van der Waals surface area contributed by atoms with Crippen molar-refractivity contribution in [2.75, 3.05) is 11.4 Å². The molecule has 0 bridgehead atoms. The van der Waals surface area contributed by atoms with Gasteiger partial charge in [0.1, 0.15) is 17.7 Å². The van der Waals surface area contributed by atoms with Crippen LogP contribution in [0.15, 0.2) is 43.0 Å². The molecule has 0 atom stereocenters. The lowest BCUT2D eigenvalue weighted by molar-refractivity contribution is -0.140. The van der Waals surface area contributed by atoms with Crippen LogP contribution in [0.25, 0.3) is 22.8 Å². The Labute approximate surface area is 234 Å². The number of methoxy groups -OCH3 is 1. The van der Waals surface area contributed by atoms with E-state index < -0.39 is 21.9 Å². The third-order valence-corrected chi connectivity index (χ3v) is 8.74. The molecule has 4 heterocycles. The molecule has 0 radical (unpaired) electrons. The lowest BCUT2D eigenvalue weighted by Crippen LogP contribution is -2.26. The van der Waals surface area contributed by atoms with E-state index in [0.29, 0.717) is 28.1 Å². The van der Waals surface area contributed by atoms with Crippen molar-refractivity contribution < 1.29 is 26.3 Å². The van der Waals surface area contributed by atoms with Crippen molar-refractivity contribution in [3.05, 3.63) is 65.5 Å². The average molecular weight is 586 g/mol. The van der Waals surface area contributed by atoms with E-state index in [4.69, 9.17) is 4.74 Å². The second-order valence-electron chi connectivity index (χ2n) is 10.4. The molecule has 3 aromatic heterocycles. The van der Waals surface area contributed by atoms with Crippen LogP contribution >= 0.6 is 0 Å². The second-order valence-corrected chi connectivity index (χ2v) is 12.3. The van der Waals surface area contributed by atoms with Crippen LogP contribution in [0.2, 0.25) is 0 Å². The highest BCUT2D eigenvalue weighted by molar-refractivity contribution is 7.92. The van der Waals surface area contributed by atoms with E-state index in [1.54, 1.807) is 38.1 Å². The molecule has 14 heteroatoms. The number of anilines is 1. The molecule has 1 aliphatic heterocycles. The Kier molecular flexibility index (Phi) is 6.47. The van der Waals surface area contributed by atoms with Crippen LogP contribution in [0.3, 0.4) is 0 Å². The number of alkyl halides is 3. The average Bonchev–Trinajstić information content (AvgIpc) is 3.61. The Morgan fingerprint density at radius 2 is 1.80 bits per heavy atom. The first kappa shape index (κ1) is 27.1. The fourth-order valence-corrected chi connectivity index (χ4v) is 6.41. The normalized spacial score (nSPS) is 16.3. The van der Waals surface area contributed by atoms with Crippen LogP contribution in [-0.2, 0) is 28.5 Å². The molecular weight excluding hydrogens is 559 g/mol. The van der Waals surface area contributed by atoms with E-state index in [0.717, 1.165) is 24.7 Å². The number of benzene rings is 1. The lowest BCUT2D eigenvalue weighted by atomic mass is 10.1. The summed E-state index contributed by atoms with van der Waals surface area (Å²) in [7, 11) is -2.25. The fraction of sp³-hybridized carbons (Fsp3) is 0.370. The van der Waals surface area contributed by atoms with Crippen molar-refractivity contribution in [3.63, 3.8) is 0 Å². The van der Waals surface area contributed by atoms with Gasteiger partial charge in [0.05, 0.1) is 25.1 Å². The Hall–Kier alpha value is -4.07. The smallest absolute Gasteiger partial charge is 0.434 e. The molecule has 1 fully saturated rings. The van der Waals surface area contributed by atoms with Gasteiger partial charge in [-0.25, -0.2) is 37.6 Å². The van der Waals surface area contributed by atoms with E-state index >= 15 is 0 Å². The van der Waals surface area contributed by atoms with Gasteiger partial charge in [0.25, 0.3) is 0 Å². The summed E-state index contributed by atoms with van der Waals surface area (Å²) < 4.78 is 74.5. The summed E-state index contributed by atoms with van der Waals surface area (Å²) in [6, 6.07) is 6.38. The molecule has 0 unspecified atom stereocenters. The maximum atomic E-state index is 13.3. The molecular formula is C27H26F3N7O3S. The summed E-state index contributed by atoms with van der Waals surface area (Å²) in [4.78, 5) is 21.6. The van der Waals surface area contributed by atoms with E-state index in [-0.39, 0.29) is 41.7 Å². The number of imidazole rings is 1. The first-order chi connectivity index (χ1) is 19.5. The second kappa shape index (κ2) is 9.79. The highest BCUT2D eigenvalue weighted by atomic mass is 32.2. The zero-order valence-electron chi connectivity index (χ0n) is 22.4. The SMILES string of the molecule is COc1ncnc(C2CC2)c1-c1ncc2c(n1)N(Cc1ccc(-c3nc(C(F)(F)F)cn3C(C)C)cc1)S(=O)(=O)C2. The minimum atomic E-state index is -4.57. The molecule has 1 aromatic carbocycles. The minimum Gasteiger partial charge on any atom is -0.480 e. The number of fused-ring (bicyclic) bond motifs is 1. The molecule has 10 nitrogen and oxygen atoms in total. The highest BCUT2D eigenvalue weighted by Gasteiger charge is 2.38. The van der Waals surface area contributed by atoms with Gasteiger partial charge in [-0.3, -0.25) is 0 Å². The Morgan fingerprint density at radius 3 is 2.44 bits per heavy atom. The summed E-state index contributed by atoms with van der Waals surface area (Å²) in [5, 5.41) is 0. The number of aromatic nitrogens is 6. The van der Waals surface area contributed by atoms with E-state index in [2.05, 4.69) is 24.9 Å². The molecule has 0 amide bonds. The number of hydrogen-bond donors (Lipinski definition) is 0. The number of halogens is 3. The van der Waals surface area contributed by atoms with Gasteiger partial charge in [0, 0.05) is 35.5 Å². The molecule has 6 rings (SSSR count). The highest BCUT2D eigenvalue weighted by Crippen LogP contribution is 2.45. The molecule has 1 saturated carbocycles. The maximum Gasteiger partial charge on any atom is 0.434 e. The van der Waals surface area contributed by atoms with Gasteiger partial charge in [-0.2, -0.15) is 13.2 Å². The Bertz CT molecular complexity index is 1730. The van der Waals surface area contributed by atoms with Crippen molar-refractivity contribution in [1.29, 1.82) is 0 Å². The Balaban J connectivity index is 1.33. The van der Waals surface area contributed by atoms with Crippen LogP contribution in [-0.4, -0.2) is 45.0 Å². The third-order valence-electron chi connectivity index (χ3n) is 7.09. The predicted octanol–water partition coefficient (Wildman–Crippen LogP) is 5.13. The van der Waals surface area contributed by atoms with Crippen molar-refractivity contribution in [3.8, 4) is 28.7 Å². The van der Waals surface area contributed by atoms with Crippen LogP contribution in [0, 0.1) is 0 Å². The number of ether oxygens (including phenoxy) is 1. The first-order valence-corrected chi connectivity index (χ1v) is 14.6. The van der Waals surface area contributed by atoms with Crippen LogP contribution in [0.4, 0.5) is 19.0 Å². The van der Waals surface area contributed by atoms with Gasteiger partial charge >= 0.3 is 6.18 Å². The number of nitrogens with zero attached hydrogens (tertiary/aromatic N) is 7. The molecule has 41 heavy (non-hydrogen) atoms. The minimum absolute atomic E-state index is 0.0175. The number of rotatable bonds is 7. The molecule has 0 spiro atoms. The monoisotopic (exact) mass is 585 g/mol. The molecule has 2 aliphatic rings. The third kappa shape index (κ3) is 5.00. The molecule has 4 aromatic rings. The summed E-state index contributed by atoms with van der Waals surface area (Å²) in [6.45, 7) is 3.53. The molecule has 214 valence electrons. The van der Waals surface area contributed by atoms with E-state index in [9.17, 15) is 21.6 Å². The molecule has 1 aliphatic carbocycles. The summed E-state index contributed by atoms with van der Waals surface area (Å²) in [5.41, 5.74) is 1.93. The molecule has 0 N–H and O–H groups in total. The van der Waals surface area contributed by atoms with Gasteiger partial charge in [0.15, 0.2) is 17.3 Å². The largest absolute Gasteiger partial charge is 0.480 e. The van der Waals surface area contributed by atoms with Gasteiger partial charge in [-0.1, -0.05) is 24.3 Å². The van der Waals surface area contributed by atoms with Crippen molar-refractivity contribution in [2.24, 2.45) is 0 Å². The summed E-state index contributed by atoms with van der Waals surface area (Å²) in [5.74, 6) is 1.04. The topological polar surface area (TPSA) is 116 Å². The Morgan fingerprint density at radius 1 is 1.07 bits per heavy atom. The van der Waals surface area contributed by atoms with E-state index in [1.807, 2.05) is 0 Å². The van der Waals surface area contributed by atoms with E-state index in [1.165, 1.54) is 28.5 Å². The lowest BCUT2D eigenvalue weighted by Gasteiger charge is -2.18. The van der Waals surface area contributed by atoms with Crippen molar-refractivity contribution in [2.45, 2.75) is 57.1 Å². The van der Waals surface area contributed by atoms with Gasteiger partial charge in [0.2, 0.25) is 15.9 Å². The van der Waals surface area contributed by atoms with Crippen LogP contribution in [0.5, 0.6) is 5.88 Å². The van der Waals surface area contributed by atoms with Crippen molar-refractivity contribution in [1.82, 2.24) is 29.5 Å².